The highest BCUT2D eigenvalue weighted by molar-refractivity contribution is 5.96. The number of hydrogen-bond donors (Lipinski definition) is 1. The van der Waals surface area contributed by atoms with E-state index in [-0.39, 0.29) is 30.7 Å². The first-order valence-corrected chi connectivity index (χ1v) is 11.5. The summed E-state index contributed by atoms with van der Waals surface area (Å²) in [6.07, 6.45) is 3.55. The van der Waals surface area contributed by atoms with Crippen LogP contribution in [0.15, 0.2) is 66.9 Å². The van der Waals surface area contributed by atoms with E-state index in [0.717, 1.165) is 18.4 Å². The molecule has 0 fully saturated rings. The van der Waals surface area contributed by atoms with Gasteiger partial charge in [0, 0.05) is 30.6 Å². The number of ether oxygens (including phenoxy) is 2. The molecule has 1 atom stereocenters. The average molecular weight is 460 g/mol. The number of benzene rings is 2. The van der Waals surface area contributed by atoms with Crippen LogP contribution in [0, 0.1) is 0 Å². The number of aromatic nitrogens is 1. The molecule has 1 unspecified atom stereocenters. The van der Waals surface area contributed by atoms with Crippen LogP contribution >= 0.6 is 0 Å². The van der Waals surface area contributed by atoms with E-state index in [0.29, 0.717) is 29.6 Å². The lowest BCUT2D eigenvalue weighted by atomic mass is 10.1. The molecule has 7 heteroatoms. The number of carbonyl (C=O) groups is 2. The Hall–Kier alpha value is -3.87. The molecule has 34 heavy (non-hydrogen) atoms. The number of amides is 2. The molecule has 4 rings (SSSR count). The van der Waals surface area contributed by atoms with Gasteiger partial charge >= 0.3 is 0 Å². The second-order valence-corrected chi connectivity index (χ2v) is 8.35. The minimum atomic E-state index is -0.166. The SMILES string of the molecule is COc1cccc2c1Oc1ncccc1N(C(=O)CCC(=O)NC(C)CCc1ccccc1)C2. The molecule has 1 aliphatic rings. The quantitative estimate of drug-likeness (QED) is 0.531. The zero-order valence-electron chi connectivity index (χ0n) is 19.5. The van der Waals surface area contributed by atoms with Gasteiger partial charge in [0.25, 0.3) is 0 Å². The van der Waals surface area contributed by atoms with Crippen molar-refractivity contribution in [3.63, 3.8) is 0 Å². The maximum atomic E-state index is 13.2. The van der Waals surface area contributed by atoms with Gasteiger partial charge in [0.2, 0.25) is 17.7 Å². The van der Waals surface area contributed by atoms with Gasteiger partial charge in [-0.05, 0) is 43.5 Å². The van der Waals surface area contributed by atoms with Gasteiger partial charge in [0.05, 0.1) is 13.7 Å². The van der Waals surface area contributed by atoms with Crippen molar-refractivity contribution in [2.24, 2.45) is 0 Å². The third kappa shape index (κ3) is 5.54. The van der Waals surface area contributed by atoms with Gasteiger partial charge in [-0.1, -0.05) is 42.5 Å². The Balaban J connectivity index is 1.38. The smallest absolute Gasteiger partial charge is 0.243 e. The van der Waals surface area contributed by atoms with Crippen molar-refractivity contribution in [1.82, 2.24) is 10.3 Å². The van der Waals surface area contributed by atoms with Gasteiger partial charge in [0.15, 0.2) is 11.5 Å². The number of pyridine rings is 1. The van der Waals surface area contributed by atoms with Crippen LogP contribution in [0.25, 0.3) is 0 Å². The van der Waals surface area contributed by atoms with Crippen LogP contribution in [0.2, 0.25) is 0 Å². The molecule has 0 saturated carbocycles. The summed E-state index contributed by atoms with van der Waals surface area (Å²) in [5.41, 5.74) is 2.62. The third-order valence-electron chi connectivity index (χ3n) is 5.83. The zero-order valence-corrected chi connectivity index (χ0v) is 19.5. The van der Waals surface area contributed by atoms with Crippen LogP contribution in [0.5, 0.6) is 17.4 Å². The van der Waals surface area contributed by atoms with Crippen molar-refractivity contribution in [1.29, 1.82) is 0 Å². The normalized spacial score (nSPS) is 13.1. The summed E-state index contributed by atoms with van der Waals surface area (Å²) in [4.78, 5) is 31.7. The number of anilines is 1. The van der Waals surface area contributed by atoms with Gasteiger partial charge in [-0.25, -0.2) is 4.98 Å². The van der Waals surface area contributed by atoms with Crippen LogP contribution in [-0.2, 0) is 22.6 Å². The number of hydrogen-bond acceptors (Lipinski definition) is 5. The van der Waals surface area contributed by atoms with Crippen LogP contribution < -0.4 is 19.7 Å². The lowest BCUT2D eigenvalue weighted by Gasteiger charge is -2.21. The summed E-state index contributed by atoms with van der Waals surface area (Å²) in [6.45, 7) is 2.29. The first kappa shape index (κ1) is 23.3. The highest BCUT2D eigenvalue weighted by atomic mass is 16.5. The van der Waals surface area contributed by atoms with Gasteiger partial charge in [-0.2, -0.15) is 0 Å². The maximum Gasteiger partial charge on any atom is 0.243 e. The zero-order chi connectivity index (χ0) is 23.9. The molecule has 0 spiro atoms. The second kappa shape index (κ2) is 10.8. The van der Waals surface area contributed by atoms with E-state index >= 15 is 0 Å². The average Bonchev–Trinajstić information content (AvgIpc) is 3.03. The summed E-state index contributed by atoms with van der Waals surface area (Å²) in [5, 5.41) is 3.01. The standard InChI is InChI=1S/C27H29N3O4/c1-19(13-14-20-8-4-3-5-9-20)29-24(31)15-16-25(32)30-18-21-10-6-12-23(33-2)26(21)34-27-22(30)11-7-17-28-27/h3-12,17,19H,13-16,18H2,1-2H3,(H,29,31). The molecular weight excluding hydrogens is 430 g/mol. The number of para-hydroxylation sites is 1. The van der Waals surface area contributed by atoms with Crippen LogP contribution in [0.1, 0.15) is 37.3 Å². The van der Waals surface area contributed by atoms with Gasteiger partial charge in [-0.3, -0.25) is 9.59 Å². The number of fused-ring (bicyclic) bond motifs is 2. The Kier molecular flexibility index (Phi) is 7.42. The van der Waals surface area contributed by atoms with Gasteiger partial charge in [-0.15, -0.1) is 0 Å². The molecule has 0 saturated heterocycles. The number of nitrogens with one attached hydrogen (secondary N) is 1. The lowest BCUT2D eigenvalue weighted by Crippen LogP contribution is -2.35. The van der Waals surface area contributed by atoms with E-state index in [1.54, 1.807) is 30.3 Å². The molecule has 2 heterocycles. The molecule has 7 nitrogen and oxygen atoms in total. The van der Waals surface area contributed by atoms with Gasteiger partial charge < -0.3 is 19.7 Å². The predicted octanol–water partition coefficient (Wildman–Crippen LogP) is 4.65. The number of nitrogens with zero attached hydrogens (tertiary/aromatic N) is 2. The van der Waals surface area contributed by atoms with Crippen molar-refractivity contribution in [2.75, 3.05) is 12.0 Å². The Morgan fingerprint density at radius 3 is 2.71 bits per heavy atom. The van der Waals surface area contributed by atoms with Crippen molar-refractivity contribution in [3.05, 3.63) is 78.0 Å². The third-order valence-corrected chi connectivity index (χ3v) is 5.83. The monoisotopic (exact) mass is 459 g/mol. The molecule has 176 valence electrons. The van der Waals surface area contributed by atoms with Crippen LogP contribution in [0.4, 0.5) is 5.69 Å². The maximum absolute atomic E-state index is 13.2. The fraction of sp³-hybridized carbons (Fsp3) is 0.296. The molecule has 2 amide bonds. The molecular formula is C27H29N3O4. The van der Waals surface area contributed by atoms with Crippen LogP contribution in [-0.4, -0.2) is 29.9 Å². The highest BCUT2D eigenvalue weighted by Gasteiger charge is 2.28. The molecule has 0 bridgehead atoms. The molecule has 1 aromatic heterocycles. The summed E-state index contributed by atoms with van der Waals surface area (Å²) in [6, 6.07) is 19.3. The van der Waals surface area contributed by atoms with Crippen molar-refractivity contribution >= 4 is 17.5 Å². The summed E-state index contributed by atoms with van der Waals surface area (Å²) >= 11 is 0. The van der Waals surface area contributed by atoms with E-state index in [2.05, 4.69) is 22.4 Å². The lowest BCUT2D eigenvalue weighted by molar-refractivity contribution is -0.125. The molecule has 1 N–H and O–H groups in total. The highest BCUT2D eigenvalue weighted by Crippen LogP contribution is 2.42. The van der Waals surface area contributed by atoms with Crippen LogP contribution in [0.3, 0.4) is 0 Å². The Morgan fingerprint density at radius 2 is 1.91 bits per heavy atom. The number of methoxy groups -OCH3 is 1. The van der Waals surface area contributed by atoms with E-state index in [9.17, 15) is 9.59 Å². The van der Waals surface area contributed by atoms with Crippen molar-refractivity contribution < 1.29 is 19.1 Å². The number of rotatable bonds is 8. The van der Waals surface area contributed by atoms with E-state index in [1.165, 1.54) is 5.56 Å². The summed E-state index contributed by atoms with van der Waals surface area (Å²) < 4.78 is 11.5. The minimum absolute atomic E-state index is 0.0265. The minimum Gasteiger partial charge on any atom is -0.493 e. The summed E-state index contributed by atoms with van der Waals surface area (Å²) in [5.74, 6) is 1.16. The largest absolute Gasteiger partial charge is 0.493 e. The fourth-order valence-electron chi connectivity index (χ4n) is 4.01. The second-order valence-electron chi connectivity index (χ2n) is 8.35. The first-order valence-electron chi connectivity index (χ1n) is 11.5. The molecule has 1 aliphatic heterocycles. The molecule has 0 aliphatic carbocycles. The van der Waals surface area contributed by atoms with E-state index in [1.807, 2.05) is 43.3 Å². The first-order chi connectivity index (χ1) is 16.5. The molecule has 3 aromatic rings. The topological polar surface area (TPSA) is 80.8 Å². The molecule has 0 radical (unpaired) electrons. The number of carbonyl (C=O) groups excluding carboxylic acids is 2. The van der Waals surface area contributed by atoms with Crippen molar-refractivity contribution in [3.8, 4) is 17.4 Å². The van der Waals surface area contributed by atoms with Gasteiger partial charge in [0.1, 0.15) is 5.69 Å². The van der Waals surface area contributed by atoms with E-state index < -0.39 is 0 Å². The number of aryl methyl sites for hydroxylation is 1. The fourth-order valence-corrected chi connectivity index (χ4v) is 4.01. The Morgan fingerprint density at radius 1 is 1.09 bits per heavy atom. The summed E-state index contributed by atoms with van der Waals surface area (Å²) in [7, 11) is 1.57. The molecule has 2 aromatic carbocycles. The predicted molar refractivity (Wildman–Crippen MR) is 130 cm³/mol. The Labute approximate surface area is 199 Å². The van der Waals surface area contributed by atoms with E-state index in [4.69, 9.17) is 9.47 Å². The Bertz CT molecular complexity index is 1150. The van der Waals surface area contributed by atoms with Crippen molar-refractivity contribution in [2.45, 2.75) is 45.2 Å².